The summed E-state index contributed by atoms with van der Waals surface area (Å²) in [6.45, 7) is -0.0710. The van der Waals surface area contributed by atoms with Crippen molar-refractivity contribution in [2.75, 3.05) is 11.4 Å². The second-order valence-corrected chi connectivity index (χ2v) is 4.17. The van der Waals surface area contributed by atoms with Gasteiger partial charge in [-0.25, -0.2) is 0 Å². The first-order valence-electron chi connectivity index (χ1n) is 5.44. The molecule has 7 nitrogen and oxygen atoms in total. The predicted octanol–water partition coefficient (Wildman–Crippen LogP) is 0.572. The van der Waals surface area contributed by atoms with Crippen molar-refractivity contribution < 1.29 is 18.9 Å². The molecule has 2 rings (SSSR count). The summed E-state index contributed by atoms with van der Waals surface area (Å²) in [5.41, 5.74) is 4.17. The number of hydrogen-bond acceptors (Lipinski definition) is 4. The molecule has 0 radical (unpaired) electrons. The van der Waals surface area contributed by atoms with E-state index in [1.165, 1.54) is 12.1 Å². The van der Waals surface area contributed by atoms with Crippen LogP contribution in [-0.4, -0.2) is 23.3 Å². The minimum Gasteiger partial charge on any atom is -0.369 e. The molecular weight excluding hydrogens is 257 g/mol. The van der Waals surface area contributed by atoms with Crippen LogP contribution in [0, 0.1) is 21.8 Å². The van der Waals surface area contributed by atoms with Gasteiger partial charge in [-0.05, 0) is 12.1 Å². The van der Waals surface area contributed by atoms with Gasteiger partial charge in [-0.2, -0.15) is 4.39 Å². The van der Waals surface area contributed by atoms with Gasteiger partial charge in [-0.1, -0.05) is 6.07 Å². The Morgan fingerprint density at radius 3 is 2.74 bits per heavy atom. The molecule has 0 spiro atoms. The Morgan fingerprint density at radius 1 is 1.53 bits per heavy atom. The number of carbonyl (C=O) groups excluding carboxylic acids is 2. The first-order valence-corrected chi connectivity index (χ1v) is 5.44. The van der Waals surface area contributed by atoms with Crippen molar-refractivity contribution in [1.82, 2.24) is 0 Å². The monoisotopic (exact) mass is 267 g/mol. The second kappa shape index (κ2) is 4.63. The third-order valence-electron chi connectivity index (χ3n) is 2.97. The van der Waals surface area contributed by atoms with Crippen molar-refractivity contribution in [1.29, 1.82) is 0 Å². The van der Waals surface area contributed by atoms with E-state index < -0.39 is 34.2 Å². The Bertz CT molecular complexity index is 575. The molecule has 1 aliphatic heterocycles. The minimum atomic E-state index is -1.03. The molecule has 1 unspecified atom stereocenters. The molecule has 8 heteroatoms. The van der Waals surface area contributed by atoms with Crippen LogP contribution in [0.15, 0.2) is 18.2 Å². The third-order valence-corrected chi connectivity index (χ3v) is 2.97. The SMILES string of the molecule is NC(=O)C1CC(=O)N(c2cccc(F)c2[N+](=O)[O-])C1. The smallest absolute Gasteiger partial charge is 0.328 e. The highest BCUT2D eigenvalue weighted by Crippen LogP contribution is 2.34. The number of anilines is 1. The zero-order chi connectivity index (χ0) is 14.2. The second-order valence-electron chi connectivity index (χ2n) is 4.17. The van der Waals surface area contributed by atoms with Crippen molar-refractivity contribution in [3.63, 3.8) is 0 Å². The Labute approximate surface area is 106 Å². The van der Waals surface area contributed by atoms with Crippen LogP contribution in [-0.2, 0) is 9.59 Å². The number of hydrogen-bond donors (Lipinski definition) is 1. The van der Waals surface area contributed by atoms with Crippen molar-refractivity contribution in [3.8, 4) is 0 Å². The molecule has 19 heavy (non-hydrogen) atoms. The summed E-state index contributed by atoms with van der Waals surface area (Å²) >= 11 is 0. The third kappa shape index (κ3) is 2.24. The van der Waals surface area contributed by atoms with Gasteiger partial charge in [0.25, 0.3) is 0 Å². The van der Waals surface area contributed by atoms with Crippen molar-refractivity contribution in [2.45, 2.75) is 6.42 Å². The molecule has 2 amide bonds. The Morgan fingerprint density at radius 2 is 2.21 bits per heavy atom. The number of rotatable bonds is 3. The summed E-state index contributed by atoms with van der Waals surface area (Å²) in [6, 6.07) is 3.47. The number of carbonyl (C=O) groups is 2. The predicted molar refractivity (Wildman–Crippen MR) is 62.7 cm³/mol. The maximum atomic E-state index is 13.5. The fourth-order valence-electron chi connectivity index (χ4n) is 2.03. The quantitative estimate of drug-likeness (QED) is 0.638. The van der Waals surface area contributed by atoms with E-state index in [4.69, 9.17) is 5.73 Å². The van der Waals surface area contributed by atoms with E-state index in [1.807, 2.05) is 0 Å². The van der Waals surface area contributed by atoms with Gasteiger partial charge in [-0.3, -0.25) is 19.7 Å². The number of nitro benzene ring substituents is 1. The van der Waals surface area contributed by atoms with Crippen molar-refractivity contribution in [2.24, 2.45) is 11.7 Å². The first kappa shape index (κ1) is 12.9. The van der Waals surface area contributed by atoms with Gasteiger partial charge in [0.05, 0.1) is 10.8 Å². The summed E-state index contributed by atoms with van der Waals surface area (Å²) in [5, 5.41) is 10.9. The highest BCUT2D eigenvalue weighted by Gasteiger charge is 2.37. The number of nitro groups is 1. The Balaban J connectivity index is 2.43. The molecule has 1 aromatic carbocycles. The van der Waals surface area contributed by atoms with E-state index >= 15 is 0 Å². The number of primary amides is 1. The lowest BCUT2D eigenvalue weighted by Crippen LogP contribution is -2.29. The van der Waals surface area contributed by atoms with Crippen LogP contribution >= 0.6 is 0 Å². The molecule has 0 saturated carbocycles. The number of nitrogens with zero attached hydrogens (tertiary/aromatic N) is 2. The van der Waals surface area contributed by atoms with E-state index in [2.05, 4.69) is 0 Å². The number of halogens is 1. The number of benzene rings is 1. The molecule has 1 saturated heterocycles. The van der Waals surface area contributed by atoms with E-state index in [0.29, 0.717) is 0 Å². The van der Waals surface area contributed by atoms with Crippen molar-refractivity contribution >= 4 is 23.2 Å². The number of nitrogens with two attached hydrogens (primary N) is 1. The molecule has 1 aliphatic rings. The molecule has 100 valence electrons. The molecule has 1 heterocycles. The molecule has 0 aliphatic carbocycles. The van der Waals surface area contributed by atoms with E-state index in [0.717, 1.165) is 11.0 Å². The largest absolute Gasteiger partial charge is 0.369 e. The fraction of sp³-hybridized carbons (Fsp3) is 0.273. The summed E-state index contributed by atoms with van der Waals surface area (Å²) < 4.78 is 13.5. The molecule has 1 aromatic rings. The standard InChI is InChI=1S/C11H10FN3O4/c12-7-2-1-3-8(10(7)15(18)19)14-5-6(11(13)17)4-9(14)16/h1-3,6H,4-5H2,(H2,13,17). The van der Waals surface area contributed by atoms with E-state index in [-0.39, 0.29) is 18.7 Å². The summed E-state index contributed by atoms with van der Waals surface area (Å²) in [5.74, 6) is -2.89. The molecule has 2 N–H and O–H groups in total. The van der Waals surface area contributed by atoms with Crippen molar-refractivity contribution in [3.05, 3.63) is 34.1 Å². The lowest BCUT2D eigenvalue weighted by atomic mass is 10.1. The van der Waals surface area contributed by atoms with Crippen LogP contribution in [0.1, 0.15) is 6.42 Å². The summed E-state index contributed by atoms with van der Waals surface area (Å²) in [6.07, 6.45) is -0.122. The summed E-state index contributed by atoms with van der Waals surface area (Å²) in [7, 11) is 0. The van der Waals surface area contributed by atoms with Crippen LogP contribution in [0.2, 0.25) is 0 Å². The number of amides is 2. The zero-order valence-corrected chi connectivity index (χ0v) is 9.71. The van der Waals surface area contributed by atoms with Gasteiger partial charge in [0.1, 0.15) is 5.69 Å². The molecule has 1 atom stereocenters. The van der Waals surface area contributed by atoms with Gasteiger partial charge in [0, 0.05) is 13.0 Å². The highest BCUT2D eigenvalue weighted by atomic mass is 19.1. The fourth-order valence-corrected chi connectivity index (χ4v) is 2.03. The lowest BCUT2D eigenvalue weighted by molar-refractivity contribution is -0.386. The highest BCUT2D eigenvalue weighted by molar-refractivity contribution is 6.01. The minimum absolute atomic E-state index is 0.0710. The van der Waals surface area contributed by atoms with Crippen LogP contribution in [0.4, 0.5) is 15.8 Å². The average molecular weight is 267 g/mol. The molecule has 1 fully saturated rings. The van der Waals surface area contributed by atoms with Gasteiger partial charge in [-0.15, -0.1) is 0 Å². The first-order chi connectivity index (χ1) is 8.91. The van der Waals surface area contributed by atoms with Gasteiger partial charge in [0.15, 0.2) is 0 Å². The lowest BCUT2D eigenvalue weighted by Gasteiger charge is -2.16. The topological polar surface area (TPSA) is 107 Å². The maximum Gasteiger partial charge on any atom is 0.328 e. The number of para-hydroxylation sites is 1. The van der Waals surface area contributed by atoms with E-state index in [1.54, 1.807) is 0 Å². The molecule has 0 aromatic heterocycles. The zero-order valence-electron chi connectivity index (χ0n) is 9.71. The van der Waals surface area contributed by atoms with Gasteiger partial charge < -0.3 is 10.6 Å². The van der Waals surface area contributed by atoms with Crippen LogP contribution < -0.4 is 10.6 Å². The molecular formula is C11H10FN3O4. The van der Waals surface area contributed by atoms with Gasteiger partial charge >= 0.3 is 5.69 Å². The molecule has 0 bridgehead atoms. The summed E-state index contributed by atoms with van der Waals surface area (Å²) in [4.78, 5) is 33.8. The van der Waals surface area contributed by atoms with E-state index in [9.17, 15) is 24.1 Å². The normalized spacial score (nSPS) is 18.7. The van der Waals surface area contributed by atoms with Crippen LogP contribution in [0.5, 0.6) is 0 Å². The average Bonchev–Trinajstić information content (AvgIpc) is 2.70. The van der Waals surface area contributed by atoms with Gasteiger partial charge in [0.2, 0.25) is 17.6 Å². The Kier molecular flexibility index (Phi) is 3.16. The van der Waals surface area contributed by atoms with Crippen LogP contribution in [0.25, 0.3) is 0 Å². The maximum absolute atomic E-state index is 13.5. The van der Waals surface area contributed by atoms with Crippen LogP contribution in [0.3, 0.4) is 0 Å². The Hall–Kier alpha value is -2.51.